The van der Waals surface area contributed by atoms with Crippen LogP contribution in [0.2, 0.25) is 0 Å². The third-order valence-electron chi connectivity index (χ3n) is 2.72. The zero-order chi connectivity index (χ0) is 11.7. The lowest BCUT2D eigenvalue weighted by Gasteiger charge is -1.97. The van der Waals surface area contributed by atoms with Crippen molar-refractivity contribution in [3.05, 3.63) is 32.2 Å². The molecular weight excluding hydrogens is 250 g/mol. The fraction of sp³-hybridized carbons (Fsp3) is 0.500. The van der Waals surface area contributed by atoms with Crippen molar-refractivity contribution in [1.29, 1.82) is 0 Å². The molecule has 1 aliphatic carbocycles. The topological polar surface area (TPSA) is 37.8 Å². The first-order valence-corrected chi connectivity index (χ1v) is 7.63. The Morgan fingerprint density at radius 3 is 2.71 bits per heavy atom. The summed E-state index contributed by atoms with van der Waals surface area (Å²) in [5.74, 6) is 0. The van der Waals surface area contributed by atoms with Gasteiger partial charge in [0, 0.05) is 29.0 Å². The van der Waals surface area contributed by atoms with Gasteiger partial charge in [-0.2, -0.15) is 0 Å². The maximum absolute atomic E-state index is 4.64. The van der Waals surface area contributed by atoms with E-state index in [0.29, 0.717) is 0 Å². The van der Waals surface area contributed by atoms with Crippen LogP contribution >= 0.6 is 22.7 Å². The Labute approximate surface area is 109 Å². The van der Waals surface area contributed by atoms with Gasteiger partial charge in [0.1, 0.15) is 0 Å². The van der Waals surface area contributed by atoms with E-state index in [1.54, 1.807) is 22.7 Å². The average molecular weight is 265 g/mol. The van der Waals surface area contributed by atoms with Crippen molar-refractivity contribution in [2.75, 3.05) is 0 Å². The maximum Gasteiger partial charge on any atom is 0.0997 e. The summed E-state index contributed by atoms with van der Waals surface area (Å²) in [4.78, 5) is 9.11. The molecular formula is C12H15N3S2. The second-order valence-electron chi connectivity index (χ2n) is 4.45. The quantitative estimate of drug-likeness (QED) is 0.903. The molecule has 1 N–H and O–H groups in total. The molecule has 2 aromatic rings. The van der Waals surface area contributed by atoms with Crippen LogP contribution in [-0.2, 0) is 13.0 Å². The summed E-state index contributed by atoms with van der Waals surface area (Å²) in [6.45, 7) is 2.95. The highest BCUT2D eigenvalue weighted by Gasteiger charge is 2.20. The zero-order valence-corrected chi connectivity index (χ0v) is 11.4. The van der Waals surface area contributed by atoms with Crippen LogP contribution in [0.15, 0.2) is 10.8 Å². The van der Waals surface area contributed by atoms with Crippen LogP contribution in [0.4, 0.5) is 0 Å². The molecule has 0 aliphatic heterocycles. The van der Waals surface area contributed by atoms with E-state index in [1.807, 2.05) is 6.92 Å². The van der Waals surface area contributed by atoms with E-state index in [-0.39, 0.29) is 0 Å². The number of aromatic nitrogens is 2. The third kappa shape index (κ3) is 3.12. The van der Waals surface area contributed by atoms with Crippen LogP contribution in [0, 0.1) is 6.92 Å². The summed E-state index contributed by atoms with van der Waals surface area (Å²) in [6, 6.07) is 0.752. The molecule has 5 heteroatoms. The standard InChI is InChI=1S/C12H15N3S2/c1-8-6-16-11(14-8)4-12-15-10(7-17-12)5-13-9-2-3-9/h6-7,9,13H,2-5H2,1H3. The SMILES string of the molecule is Cc1csc(Cc2nc(CNC3CC3)cs2)n1. The van der Waals surface area contributed by atoms with Gasteiger partial charge in [-0.1, -0.05) is 0 Å². The summed E-state index contributed by atoms with van der Waals surface area (Å²) < 4.78 is 0. The molecule has 0 amide bonds. The smallest absolute Gasteiger partial charge is 0.0997 e. The largest absolute Gasteiger partial charge is 0.308 e. The minimum atomic E-state index is 0.752. The molecule has 2 heterocycles. The lowest BCUT2D eigenvalue weighted by Crippen LogP contribution is -2.15. The highest BCUT2D eigenvalue weighted by molar-refractivity contribution is 7.11. The van der Waals surface area contributed by atoms with Gasteiger partial charge in [-0.3, -0.25) is 0 Å². The summed E-state index contributed by atoms with van der Waals surface area (Å²) in [6.07, 6.45) is 3.54. The van der Waals surface area contributed by atoms with Crippen molar-refractivity contribution in [2.45, 2.75) is 38.8 Å². The van der Waals surface area contributed by atoms with Gasteiger partial charge < -0.3 is 5.32 Å². The first kappa shape index (κ1) is 11.3. The van der Waals surface area contributed by atoms with E-state index in [1.165, 1.54) is 28.6 Å². The highest BCUT2D eigenvalue weighted by atomic mass is 32.1. The summed E-state index contributed by atoms with van der Waals surface area (Å²) >= 11 is 3.46. The Bertz CT molecular complexity index is 499. The number of hydrogen-bond acceptors (Lipinski definition) is 5. The number of nitrogens with one attached hydrogen (secondary N) is 1. The molecule has 0 unspecified atom stereocenters. The minimum Gasteiger partial charge on any atom is -0.308 e. The van der Waals surface area contributed by atoms with E-state index in [2.05, 4.69) is 26.0 Å². The highest BCUT2D eigenvalue weighted by Crippen LogP contribution is 2.21. The van der Waals surface area contributed by atoms with Gasteiger partial charge in [-0.05, 0) is 19.8 Å². The van der Waals surface area contributed by atoms with E-state index in [0.717, 1.165) is 24.7 Å². The van der Waals surface area contributed by atoms with Crippen LogP contribution in [0.25, 0.3) is 0 Å². The molecule has 1 fully saturated rings. The monoisotopic (exact) mass is 265 g/mol. The second-order valence-corrected chi connectivity index (χ2v) is 6.33. The van der Waals surface area contributed by atoms with Crippen LogP contribution < -0.4 is 5.32 Å². The third-order valence-corrected chi connectivity index (χ3v) is 4.58. The molecule has 90 valence electrons. The Morgan fingerprint density at radius 1 is 1.24 bits per heavy atom. The molecule has 3 nitrogen and oxygen atoms in total. The van der Waals surface area contributed by atoms with E-state index in [4.69, 9.17) is 0 Å². The van der Waals surface area contributed by atoms with Crippen LogP contribution in [0.3, 0.4) is 0 Å². The molecule has 17 heavy (non-hydrogen) atoms. The Hall–Kier alpha value is -0.780. The molecule has 0 aromatic carbocycles. The number of thiazole rings is 2. The van der Waals surface area contributed by atoms with Crippen molar-refractivity contribution in [1.82, 2.24) is 15.3 Å². The van der Waals surface area contributed by atoms with Gasteiger partial charge in [-0.15, -0.1) is 22.7 Å². The molecule has 1 saturated carbocycles. The van der Waals surface area contributed by atoms with Gasteiger partial charge >= 0.3 is 0 Å². The number of nitrogens with zero attached hydrogens (tertiary/aromatic N) is 2. The molecule has 2 aromatic heterocycles. The molecule has 1 aliphatic rings. The van der Waals surface area contributed by atoms with Crippen molar-refractivity contribution < 1.29 is 0 Å². The second kappa shape index (κ2) is 4.84. The minimum absolute atomic E-state index is 0.752. The van der Waals surface area contributed by atoms with Crippen molar-refractivity contribution in [3.63, 3.8) is 0 Å². The number of hydrogen-bond donors (Lipinski definition) is 1. The van der Waals surface area contributed by atoms with Gasteiger partial charge in [0.25, 0.3) is 0 Å². The molecule has 0 radical (unpaired) electrons. The molecule has 0 saturated heterocycles. The van der Waals surface area contributed by atoms with Crippen LogP contribution in [0.5, 0.6) is 0 Å². The lowest BCUT2D eigenvalue weighted by atomic mass is 10.4. The van der Waals surface area contributed by atoms with Crippen molar-refractivity contribution >= 4 is 22.7 Å². The molecule has 0 bridgehead atoms. The maximum atomic E-state index is 4.64. The predicted octanol–water partition coefficient (Wildman–Crippen LogP) is 2.75. The fourth-order valence-corrected chi connectivity index (χ4v) is 3.33. The van der Waals surface area contributed by atoms with Crippen LogP contribution in [-0.4, -0.2) is 16.0 Å². The summed E-state index contributed by atoms with van der Waals surface area (Å²) in [7, 11) is 0. The Balaban J connectivity index is 1.59. The van der Waals surface area contributed by atoms with Gasteiger partial charge in [0.05, 0.1) is 22.1 Å². The van der Waals surface area contributed by atoms with E-state index < -0.39 is 0 Å². The zero-order valence-electron chi connectivity index (χ0n) is 9.77. The molecule has 3 rings (SSSR count). The van der Waals surface area contributed by atoms with Gasteiger partial charge in [0.2, 0.25) is 0 Å². The number of rotatable bonds is 5. The van der Waals surface area contributed by atoms with Crippen molar-refractivity contribution in [3.8, 4) is 0 Å². The Kier molecular flexibility index (Phi) is 3.22. The average Bonchev–Trinajstić information content (AvgIpc) is 2.90. The fourth-order valence-electron chi connectivity index (χ4n) is 1.66. The molecule has 0 atom stereocenters. The number of aryl methyl sites for hydroxylation is 1. The summed E-state index contributed by atoms with van der Waals surface area (Å²) in [5, 5.41) is 10.1. The normalized spacial score (nSPS) is 15.4. The first-order valence-electron chi connectivity index (χ1n) is 5.87. The van der Waals surface area contributed by atoms with Gasteiger partial charge in [-0.25, -0.2) is 9.97 Å². The van der Waals surface area contributed by atoms with Gasteiger partial charge in [0.15, 0.2) is 0 Å². The van der Waals surface area contributed by atoms with E-state index >= 15 is 0 Å². The lowest BCUT2D eigenvalue weighted by molar-refractivity contribution is 0.676. The van der Waals surface area contributed by atoms with E-state index in [9.17, 15) is 0 Å². The first-order chi connectivity index (χ1) is 8.29. The predicted molar refractivity (Wildman–Crippen MR) is 71.6 cm³/mol. The molecule has 0 spiro atoms. The van der Waals surface area contributed by atoms with Crippen molar-refractivity contribution in [2.24, 2.45) is 0 Å². The van der Waals surface area contributed by atoms with Crippen LogP contribution in [0.1, 0.15) is 34.2 Å². The Morgan fingerprint density at radius 2 is 2.00 bits per heavy atom. The summed E-state index contributed by atoms with van der Waals surface area (Å²) in [5.41, 5.74) is 2.28.